The second kappa shape index (κ2) is 7.49. The minimum Gasteiger partial charge on any atom is -0.289 e. The van der Waals surface area contributed by atoms with Crippen molar-refractivity contribution in [2.24, 2.45) is 0 Å². The molecule has 0 aliphatic carbocycles. The average Bonchev–Trinajstić information content (AvgIpc) is 2.40. The fourth-order valence-corrected chi connectivity index (χ4v) is 3.11. The van der Waals surface area contributed by atoms with E-state index in [9.17, 15) is 4.79 Å². The molecule has 0 aliphatic heterocycles. The van der Waals surface area contributed by atoms with E-state index < -0.39 is 0 Å². The third-order valence-corrected chi connectivity index (χ3v) is 4.91. The number of hydrogen-bond donors (Lipinski definition) is 0. The number of hydrogen-bond acceptors (Lipinski definition) is 3. The van der Waals surface area contributed by atoms with Crippen molar-refractivity contribution in [3.63, 3.8) is 0 Å². The minimum atomic E-state index is 0.123. The maximum absolute atomic E-state index is 12.3. The van der Waals surface area contributed by atoms with Crippen molar-refractivity contribution in [2.45, 2.75) is 13.8 Å². The molecular weight excluding hydrogens is 260 g/mol. The van der Waals surface area contributed by atoms with Crippen molar-refractivity contribution in [1.29, 1.82) is 0 Å². The van der Waals surface area contributed by atoms with E-state index in [0.717, 1.165) is 20.9 Å². The summed E-state index contributed by atoms with van der Waals surface area (Å²) < 4.78 is 1.08. The molecule has 1 rings (SSSR count). The maximum atomic E-state index is 12.3. The Balaban J connectivity index is 2.98. The van der Waals surface area contributed by atoms with E-state index in [1.54, 1.807) is 23.5 Å². The lowest BCUT2D eigenvalue weighted by molar-refractivity contribution is -0.112. The predicted octanol–water partition coefficient (Wildman–Crippen LogP) is 4.62. The van der Waals surface area contributed by atoms with Crippen LogP contribution in [-0.4, -0.2) is 18.3 Å². The highest BCUT2D eigenvalue weighted by Crippen LogP contribution is 2.29. The number of carbonyl (C=O) groups excluding carboxylic acids is 1. The van der Waals surface area contributed by atoms with Gasteiger partial charge in [-0.25, -0.2) is 0 Å². The van der Waals surface area contributed by atoms with Gasteiger partial charge in [-0.05, 0) is 43.6 Å². The second-order valence-corrected chi connectivity index (χ2v) is 5.78. The molecule has 3 heteroatoms. The van der Waals surface area contributed by atoms with Gasteiger partial charge in [0.05, 0.1) is 0 Å². The van der Waals surface area contributed by atoms with Gasteiger partial charge in [0.25, 0.3) is 0 Å². The van der Waals surface area contributed by atoms with E-state index in [1.165, 1.54) is 0 Å². The molecule has 0 saturated carbocycles. The van der Waals surface area contributed by atoms with Crippen LogP contribution in [-0.2, 0) is 4.79 Å². The van der Waals surface area contributed by atoms with E-state index >= 15 is 0 Å². The minimum absolute atomic E-state index is 0.123. The van der Waals surface area contributed by atoms with Gasteiger partial charge in [-0.3, -0.25) is 4.79 Å². The lowest BCUT2D eigenvalue weighted by Gasteiger charge is -2.07. The van der Waals surface area contributed by atoms with Gasteiger partial charge in [0.2, 0.25) is 0 Å². The number of benzene rings is 1. The first-order chi connectivity index (χ1) is 8.60. The van der Waals surface area contributed by atoms with E-state index in [1.807, 2.05) is 62.8 Å². The summed E-state index contributed by atoms with van der Waals surface area (Å²) in [5, 5.41) is 0. The number of thioether (sulfide) groups is 2. The molecule has 0 amide bonds. The Morgan fingerprint density at radius 2 is 1.61 bits per heavy atom. The van der Waals surface area contributed by atoms with E-state index in [2.05, 4.69) is 0 Å². The molecule has 0 heterocycles. The predicted molar refractivity (Wildman–Crippen MR) is 84.8 cm³/mol. The van der Waals surface area contributed by atoms with Crippen molar-refractivity contribution < 1.29 is 4.79 Å². The van der Waals surface area contributed by atoms with Crippen molar-refractivity contribution in [2.75, 3.05) is 12.5 Å². The summed E-state index contributed by atoms with van der Waals surface area (Å²) in [4.78, 5) is 12.3. The summed E-state index contributed by atoms with van der Waals surface area (Å²) in [6, 6.07) is 9.92. The molecule has 0 unspecified atom stereocenters. The third kappa shape index (κ3) is 4.07. The molecule has 0 atom stereocenters. The second-order valence-electron chi connectivity index (χ2n) is 3.89. The molecule has 0 aromatic heterocycles. The van der Waals surface area contributed by atoms with Crippen molar-refractivity contribution in [3.8, 4) is 0 Å². The van der Waals surface area contributed by atoms with Gasteiger partial charge in [0, 0.05) is 9.81 Å². The molecule has 1 aromatic carbocycles. The van der Waals surface area contributed by atoms with Gasteiger partial charge >= 0.3 is 0 Å². The van der Waals surface area contributed by atoms with Crippen LogP contribution in [0.1, 0.15) is 19.4 Å². The SMILES string of the molecule is CSC(SC)=C(C)C(=O)/C(C)=C/c1ccccc1. The van der Waals surface area contributed by atoms with Crippen LogP contribution < -0.4 is 0 Å². The Morgan fingerprint density at radius 1 is 1.06 bits per heavy atom. The molecule has 0 saturated heterocycles. The molecule has 0 bridgehead atoms. The highest BCUT2D eigenvalue weighted by molar-refractivity contribution is 8.21. The summed E-state index contributed by atoms with van der Waals surface area (Å²) in [7, 11) is 0. The lowest BCUT2D eigenvalue weighted by atomic mass is 10.0. The third-order valence-electron chi connectivity index (χ3n) is 2.56. The van der Waals surface area contributed by atoms with Crippen LogP contribution in [0.15, 0.2) is 45.7 Å². The summed E-state index contributed by atoms with van der Waals surface area (Å²) in [5.41, 5.74) is 2.67. The summed E-state index contributed by atoms with van der Waals surface area (Å²) in [6.07, 6.45) is 5.93. The first kappa shape index (κ1) is 15.1. The maximum Gasteiger partial charge on any atom is 0.186 e. The zero-order chi connectivity index (χ0) is 13.5. The first-order valence-corrected chi connectivity index (χ1v) is 8.12. The van der Waals surface area contributed by atoms with E-state index in [4.69, 9.17) is 0 Å². The number of ketones is 1. The average molecular weight is 278 g/mol. The van der Waals surface area contributed by atoms with Crippen LogP contribution in [0.4, 0.5) is 0 Å². The molecule has 0 fully saturated rings. The normalized spacial score (nSPS) is 11.2. The number of allylic oxidation sites excluding steroid dienone is 2. The van der Waals surface area contributed by atoms with Gasteiger partial charge in [-0.1, -0.05) is 30.3 Å². The highest BCUT2D eigenvalue weighted by atomic mass is 32.2. The number of carbonyl (C=O) groups is 1. The number of Topliss-reactive ketones (excluding diaryl/α,β-unsaturated/α-hetero) is 1. The Kier molecular flexibility index (Phi) is 6.30. The molecule has 96 valence electrons. The van der Waals surface area contributed by atoms with Crippen LogP contribution in [0.3, 0.4) is 0 Å². The summed E-state index contributed by atoms with van der Waals surface area (Å²) in [6.45, 7) is 3.77. The molecule has 1 aromatic rings. The molecule has 0 N–H and O–H groups in total. The van der Waals surface area contributed by atoms with Gasteiger partial charge < -0.3 is 0 Å². The largest absolute Gasteiger partial charge is 0.289 e. The quantitative estimate of drug-likeness (QED) is 0.732. The molecular formula is C15H18OS2. The molecule has 1 nitrogen and oxygen atoms in total. The fourth-order valence-electron chi connectivity index (χ4n) is 1.64. The number of rotatable bonds is 5. The summed E-state index contributed by atoms with van der Waals surface area (Å²) >= 11 is 3.25. The van der Waals surface area contributed by atoms with Gasteiger partial charge in [0.15, 0.2) is 5.78 Å². The smallest absolute Gasteiger partial charge is 0.186 e. The highest BCUT2D eigenvalue weighted by Gasteiger charge is 2.11. The zero-order valence-corrected chi connectivity index (χ0v) is 12.8. The molecule has 0 radical (unpaired) electrons. The lowest BCUT2D eigenvalue weighted by Crippen LogP contribution is -2.02. The Bertz CT molecular complexity index is 467. The van der Waals surface area contributed by atoms with Crippen molar-refractivity contribution in [3.05, 3.63) is 51.3 Å². The molecule has 0 aliphatic rings. The van der Waals surface area contributed by atoms with Gasteiger partial charge in [-0.2, -0.15) is 0 Å². The van der Waals surface area contributed by atoms with Crippen LogP contribution in [0.5, 0.6) is 0 Å². The van der Waals surface area contributed by atoms with Gasteiger partial charge in [0.1, 0.15) is 0 Å². The van der Waals surface area contributed by atoms with Crippen LogP contribution in [0, 0.1) is 0 Å². The molecule has 18 heavy (non-hydrogen) atoms. The Labute approximate surface area is 118 Å². The van der Waals surface area contributed by atoms with Crippen LogP contribution in [0.2, 0.25) is 0 Å². The van der Waals surface area contributed by atoms with Crippen molar-refractivity contribution >= 4 is 35.4 Å². The topological polar surface area (TPSA) is 17.1 Å². The fraction of sp³-hybridized carbons (Fsp3) is 0.267. The van der Waals surface area contributed by atoms with E-state index in [-0.39, 0.29) is 5.78 Å². The van der Waals surface area contributed by atoms with Gasteiger partial charge in [-0.15, -0.1) is 23.5 Å². The standard InChI is InChI=1S/C15H18OS2/c1-11(10-13-8-6-5-7-9-13)14(16)12(2)15(17-3)18-4/h5-10H,1-4H3/b11-10+. The monoisotopic (exact) mass is 278 g/mol. The van der Waals surface area contributed by atoms with Crippen LogP contribution in [0.25, 0.3) is 6.08 Å². The first-order valence-electron chi connectivity index (χ1n) is 5.67. The van der Waals surface area contributed by atoms with Crippen molar-refractivity contribution in [1.82, 2.24) is 0 Å². The Hall–Kier alpha value is -0.930. The molecule has 0 spiro atoms. The van der Waals surface area contributed by atoms with E-state index in [0.29, 0.717) is 0 Å². The van der Waals surface area contributed by atoms with Crippen LogP contribution >= 0.6 is 23.5 Å². The summed E-state index contributed by atoms with van der Waals surface area (Å²) in [5.74, 6) is 0.123. The Morgan fingerprint density at radius 3 is 2.11 bits per heavy atom. The zero-order valence-electron chi connectivity index (χ0n) is 11.2.